The van der Waals surface area contributed by atoms with Crippen LogP contribution in [0.5, 0.6) is 0 Å². The molecule has 0 bridgehead atoms. The van der Waals surface area contributed by atoms with Gasteiger partial charge in [-0.2, -0.15) is 0 Å². The fourth-order valence-electron chi connectivity index (χ4n) is 1.61. The summed E-state index contributed by atoms with van der Waals surface area (Å²) in [5, 5.41) is 11.8. The van der Waals surface area contributed by atoms with E-state index < -0.39 is 11.6 Å². The SMILES string of the molecule is CCC(NCCCO)c1ccc(F)cc1F. The van der Waals surface area contributed by atoms with Crippen LogP contribution < -0.4 is 5.32 Å². The summed E-state index contributed by atoms with van der Waals surface area (Å²) in [6.07, 6.45) is 1.34. The Morgan fingerprint density at radius 2 is 2.12 bits per heavy atom. The van der Waals surface area contributed by atoms with E-state index in [2.05, 4.69) is 5.32 Å². The van der Waals surface area contributed by atoms with Crippen molar-refractivity contribution in [3.05, 3.63) is 35.4 Å². The molecule has 16 heavy (non-hydrogen) atoms. The molecule has 1 atom stereocenters. The van der Waals surface area contributed by atoms with Gasteiger partial charge in [-0.05, 0) is 25.5 Å². The van der Waals surface area contributed by atoms with E-state index in [1.807, 2.05) is 6.92 Å². The molecule has 0 aromatic heterocycles. The van der Waals surface area contributed by atoms with Crippen molar-refractivity contribution >= 4 is 0 Å². The maximum Gasteiger partial charge on any atom is 0.130 e. The van der Waals surface area contributed by atoms with Gasteiger partial charge in [0.05, 0.1) is 0 Å². The van der Waals surface area contributed by atoms with Crippen LogP contribution in [0.1, 0.15) is 31.4 Å². The lowest BCUT2D eigenvalue weighted by atomic mass is 10.0. The number of aliphatic hydroxyl groups excluding tert-OH is 1. The van der Waals surface area contributed by atoms with Crippen LogP contribution >= 0.6 is 0 Å². The normalized spacial score (nSPS) is 12.8. The van der Waals surface area contributed by atoms with Gasteiger partial charge in [-0.25, -0.2) is 8.78 Å². The summed E-state index contributed by atoms with van der Waals surface area (Å²) < 4.78 is 26.2. The van der Waals surface area contributed by atoms with Gasteiger partial charge in [0.25, 0.3) is 0 Å². The first-order valence-corrected chi connectivity index (χ1v) is 5.48. The molecule has 90 valence electrons. The quantitative estimate of drug-likeness (QED) is 0.734. The van der Waals surface area contributed by atoms with E-state index in [1.165, 1.54) is 12.1 Å². The summed E-state index contributed by atoms with van der Waals surface area (Å²) in [6.45, 7) is 2.65. The lowest BCUT2D eigenvalue weighted by Gasteiger charge is -2.17. The van der Waals surface area contributed by atoms with Gasteiger partial charge < -0.3 is 10.4 Å². The third-order valence-corrected chi connectivity index (χ3v) is 2.47. The van der Waals surface area contributed by atoms with Crippen LogP contribution in [0, 0.1) is 11.6 Å². The Bertz CT molecular complexity index is 331. The molecule has 4 heteroatoms. The standard InChI is InChI=1S/C12H17F2NO/c1-2-12(15-6-3-7-16)10-5-4-9(13)8-11(10)14/h4-5,8,12,15-16H,2-3,6-7H2,1H3. The minimum absolute atomic E-state index is 0.106. The van der Waals surface area contributed by atoms with Crippen molar-refractivity contribution in [2.24, 2.45) is 0 Å². The molecule has 0 amide bonds. The molecule has 0 fully saturated rings. The number of aliphatic hydroxyl groups is 1. The topological polar surface area (TPSA) is 32.3 Å². The van der Waals surface area contributed by atoms with Crippen LogP contribution in [0.15, 0.2) is 18.2 Å². The summed E-state index contributed by atoms with van der Waals surface area (Å²) in [6, 6.07) is 3.48. The summed E-state index contributed by atoms with van der Waals surface area (Å²) in [5.41, 5.74) is 0.474. The minimum Gasteiger partial charge on any atom is -0.396 e. The number of benzene rings is 1. The van der Waals surface area contributed by atoms with E-state index in [1.54, 1.807) is 0 Å². The zero-order valence-electron chi connectivity index (χ0n) is 9.34. The van der Waals surface area contributed by atoms with Crippen molar-refractivity contribution in [1.29, 1.82) is 0 Å². The average Bonchev–Trinajstić information content (AvgIpc) is 2.26. The van der Waals surface area contributed by atoms with Crippen LogP contribution in [0.2, 0.25) is 0 Å². The lowest BCUT2D eigenvalue weighted by Crippen LogP contribution is -2.23. The van der Waals surface area contributed by atoms with E-state index in [0.717, 1.165) is 6.07 Å². The zero-order chi connectivity index (χ0) is 12.0. The number of halogens is 2. The first-order chi connectivity index (χ1) is 7.69. The molecular formula is C12H17F2NO. The molecule has 0 saturated carbocycles. The Morgan fingerprint density at radius 1 is 1.38 bits per heavy atom. The molecule has 1 unspecified atom stereocenters. The first kappa shape index (κ1) is 13.1. The molecular weight excluding hydrogens is 212 g/mol. The number of hydrogen-bond acceptors (Lipinski definition) is 2. The Kier molecular flexibility index (Phi) is 5.35. The third-order valence-electron chi connectivity index (χ3n) is 2.47. The smallest absolute Gasteiger partial charge is 0.130 e. The first-order valence-electron chi connectivity index (χ1n) is 5.48. The summed E-state index contributed by atoms with van der Waals surface area (Å²) in [7, 11) is 0. The van der Waals surface area contributed by atoms with Gasteiger partial charge in [-0.15, -0.1) is 0 Å². The second-order valence-electron chi connectivity index (χ2n) is 3.66. The van der Waals surface area contributed by atoms with Crippen LogP contribution in [0.3, 0.4) is 0 Å². The molecule has 0 aliphatic rings. The van der Waals surface area contributed by atoms with Crippen molar-refractivity contribution in [2.75, 3.05) is 13.2 Å². The molecule has 0 aliphatic heterocycles. The predicted molar refractivity (Wildman–Crippen MR) is 59.1 cm³/mol. The van der Waals surface area contributed by atoms with Crippen molar-refractivity contribution in [2.45, 2.75) is 25.8 Å². The maximum atomic E-state index is 13.5. The molecule has 0 radical (unpaired) electrons. The Morgan fingerprint density at radius 3 is 2.69 bits per heavy atom. The monoisotopic (exact) mass is 229 g/mol. The van der Waals surface area contributed by atoms with Gasteiger partial charge in [0.1, 0.15) is 11.6 Å². The van der Waals surface area contributed by atoms with Gasteiger partial charge in [-0.3, -0.25) is 0 Å². The van der Waals surface area contributed by atoms with Crippen LogP contribution in [-0.4, -0.2) is 18.3 Å². The van der Waals surface area contributed by atoms with Crippen molar-refractivity contribution < 1.29 is 13.9 Å². The largest absolute Gasteiger partial charge is 0.396 e. The van der Waals surface area contributed by atoms with E-state index in [9.17, 15) is 8.78 Å². The van der Waals surface area contributed by atoms with Crippen molar-refractivity contribution in [1.82, 2.24) is 5.32 Å². The van der Waals surface area contributed by atoms with Crippen LogP contribution in [-0.2, 0) is 0 Å². The van der Waals surface area contributed by atoms with Gasteiger partial charge in [-0.1, -0.05) is 13.0 Å². The van der Waals surface area contributed by atoms with Crippen LogP contribution in [0.25, 0.3) is 0 Å². The minimum atomic E-state index is -0.563. The second-order valence-corrected chi connectivity index (χ2v) is 3.66. The number of hydrogen-bond donors (Lipinski definition) is 2. The lowest BCUT2D eigenvalue weighted by molar-refractivity contribution is 0.282. The van der Waals surface area contributed by atoms with Gasteiger partial charge >= 0.3 is 0 Å². The maximum absolute atomic E-state index is 13.5. The Hall–Kier alpha value is -1.00. The fraction of sp³-hybridized carbons (Fsp3) is 0.500. The summed E-state index contributed by atoms with van der Waals surface area (Å²) in [5.74, 6) is -1.09. The van der Waals surface area contributed by atoms with E-state index >= 15 is 0 Å². The molecule has 0 aliphatic carbocycles. The molecule has 0 heterocycles. The van der Waals surface area contributed by atoms with Crippen molar-refractivity contribution in [3.8, 4) is 0 Å². The predicted octanol–water partition coefficient (Wildman–Crippen LogP) is 2.39. The highest BCUT2D eigenvalue weighted by atomic mass is 19.1. The number of nitrogens with one attached hydrogen (secondary N) is 1. The molecule has 1 aromatic carbocycles. The molecule has 1 rings (SSSR count). The molecule has 2 N–H and O–H groups in total. The fourth-order valence-corrected chi connectivity index (χ4v) is 1.61. The van der Waals surface area contributed by atoms with Crippen molar-refractivity contribution in [3.63, 3.8) is 0 Å². The average molecular weight is 229 g/mol. The number of rotatable bonds is 6. The Labute approximate surface area is 94.3 Å². The third kappa shape index (κ3) is 3.54. The highest BCUT2D eigenvalue weighted by Gasteiger charge is 2.13. The molecule has 0 spiro atoms. The zero-order valence-corrected chi connectivity index (χ0v) is 9.34. The summed E-state index contributed by atoms with van der Waals surface area (Å²) in [4.78, 5) is 0. The highest BCUT2D eigenvalue weighted by molar-refractivity contribution is 5.22. The van der Waals surface area contributed by atoms with Gasteiger partial charge in [0.2, 0.25) is 0 Å². The van der Waals surface area contributed by atoms with Gasteiger partial charge in [0, 0.05) is 24.3 Å². The van der Waals surface area contributed by atoms with E-state index in [-0.39, 0.29) is 12.6 Å². The van der Waals surface area contributed by atoms with Crippen LogP contribution in [0.4, 0.5) is 8.78 Å². The molecule has 1 aromatic rings. The summed E-state index contributed by atoms with van der Waals surface area (Å²) >= 11 is 0. The Balaban J connectivity index is 2.70. The van der Waals surface area contributed by atoms with E-state index in [0.29, 0.717) is 24.9 Å². The van der Waals surface area contributed by atoms with E-state index in [4.69, 9.17) is 5.11 Å². The molecule has 0 saturated heterocycles. The second kappa shape index (κ2) is 6.55. The highest BCUT2D eigenvalue weighted by Crippen LogP contribution is 2.20. The molecule has 2 nitrogen and oxygen atoms in total. The van der Waals surface area contributed by atoms with Gasteiger partial charge in [0.15, 0.2) is 0 Å².